The Hall–Kier alpha value is -1.36. The molecule has 2 rings (SSSR count). The van der Waals surface area contributed by atoms with Crippen molar-refractivity contribution < 1.29 is 14.3 Å². The summed E-state index contributed by atoms with van der Waals surface area (Å²) in [5, 5.41) is 0. The number of hydrogen-bond acceptors (Lipinski definition) is 4. The van der Waals surface area contributed by atoms with Crippen LogP contribution in [-0.4, -0.2) is 43.9 Å². The van der Waals surface area contributed by atoms with Crippen LogP contribution in [0.25, 0.3) is 0 Å². The van der Waals surface area contributed by atoms with E-state index in [1.54, 1.807) is 14.2 Å². The molecular weight excluding hydrogens is 262 g/mol. The standard InChI is InChI=1S/C14H19NO3S/c1-17-12-7-10-3-4-15(5-6-19)14(16)9-11(10)8-13(12)18-2/h7-8,19H,3-6,9H2,1-2H3. The summed E-state index contributed by atoms with van der Waals surface area (Å²) in [5.41, 5.74) is 2.19. The summed E-state index contributed by atoms with van der Waals surface area (Å²) in [7, 11) is 3.23. The monoisotopic (exact) mass is 281 g/mol. The van der Waals surface area contributed by atoms with Gasteiger partial charge in [0.1, 0.15) is 0 Å². The molecule has 4 nitrogen and oxygen atoms in total. The summed E-state index contributed by atoms with van der Waals surface area (Å²) in [4.78, 5) is 14.0. The van der Waals surface area contributed by atoms with Gasteiger partial charge in [0.15, 0.2) is 11.5 Å². The predicted octanol–water partition coefficient (Wildman–Crippen LogP) is 1.56. The number of fused-ring (bicyclic) bond motifs is 1. The first-order valence-corrected chi connectivity index (χ1v) is 6.95. The van der Waals surface area contributed by atoms with Gasteiger partial charge in [-0.2, -0.15) is 12.6 Å². The highest BCUT2D eigenvalue weighted by molar-refractivity contribution is 7.80. The lowest BCUT2D eigenvalue weighted by atomic mass is 10.0. The van der Waals surface area contributed by atoms with Crippen molar-refractivity contribution in [3.8, 4) is 11.5 Å². The van der Waals surface area contributed by atoms with Crippen molar-refractivity contribution in [2.24, 2.45) is 0 Å². The van der Waals surface area contributed by atoms with E-state index in [2.05, 4.69) is 12.6 Å². The Morgan fingerprint density at radius 2 is 1.84 bits per heavy atom. The number of nitrogens with zero attached hydrogens (tertiary/aromatic N) is 1. The van der Waals surface area contributed by atoms with Gasteiger partial charge in [-0.25, -0.2) is 0 Å². The third kappa shape index (κ3) is 2.97. The molecule has 1 heterocycles. The van der Waals surface area contributed by atoms with E-state index >= 15 is 0 Å². The lowest BCUT2D eigenvalue weighted by Gasteiger charge is -2.18. The molecule has 1 aliphatic heterocycles. The molecule has 1 aromatic carbocycles. The molecule has 0 unspecified atom stereocenters. The molecule has 0 aromatic heterocycles. The molecule has 0 bridgehead atoms. The molecule has 1 aliphatic rings. The average molecular weight is 281 g/mol. The number of hydrogen-bond donors (Lipinski definition) is 1. The van der Waals surface area contributed by atoms with Crippen LogP contribution in [0.1, 0.15) is 11.1 Å². The number of benzene rings is 1. The van der Waals surface area contributed by atoms with Crippen LogP contribution in [0.5, 0.6) is 11.5 Å². The molecule has 1 amide bonds. The van der Waals surface area contributed by atoms with Crippen LogP contribution in [0.2, 0.25) is 0 Å². The summed E-state index contributed by atoms with van der Waals surface area (Å²) in [6.45, 7) is 1.44. The first-order valence-electron chi connectivity index (χ1n) is 6.32. The number of thiol groups is 1. The van der Waals surface area contributed by atoms with E-state index < -0.39 is 0 Å². The van der Waals surface area contributed by atoms with Gasteiger partial charge >= 0.3 is 0 Å². The van der Waals surface area contributed by atoms with Gasteiger partial charge in [0.25, 0.3) is 0 Å². The molecule has 5 heteroatoms. The Kier molecular flexibility index (Phi) is 4.58. The van der Waals surface area contributed by atoms with Crippen LogP contribution in [-0.2, 0) is 17.6 Å². The lowest BCUT2D eigenvalue weighted by Crippen LogP contribution is -2.33. The third-order valence-corrected chi connectivity index (χ3v) is 3.62. The molecule has 0 spiro atoms. The second kappa shape index (κ2) is 6.19. The molecule has 0 fully saturated rings. The molecule has 0 N–H and O–H groups in total. The SMILES string of the molecule is COc1cc2c(cc1OC)CC(=O)N(CCS)CC2. The van der Waals surface area contributed by atoms with Crippen molar-refractivity contribution in [2.45, 2.75) is 12.8 Å². The summed E-state index contributed by atoms with van der Waals surface area (Å²) in [6.07, 6.45) is 1.26. The minimum Gasteiger partial charge on any atom is -0.493 e. The fourth-order valence-electron chi connectivity index (χ4n) is 2.37. The summed E-state index contributed by atoms with van der Waals surface area (Å²) in [5.74, 6) is 2.24. The van der Waals surface area contributed by atoms with Gasteiger partial charge in [0, 0.05) is 18.8 Å². The van der Waals surface area contributed by atoms with Crippen molar-refractivity contribution >= 4 is 18.5 Å². The number of rotatable bonds is 4. The maximum Gasteiger partial charge on any atom is 0.227 e. The molecule has 0 radical (unpaired) electrons. The largest absolute Gasteiger partial charge is 0.493 e. The summed E-state index contributed by atoms with van der Waals surface area (Å²) >= 11 is 4.20. The van der Waals surface area contributed by atoms with E-state index in [1.807, 2.05) is 17.0 Å². The van der Waals surface area contributed by atoms with E-state index in [9.17, 15) is 4.79 Å². The molecule has 1 aromatic rings. The summed E-state index contributed by atoms with van der Waals surface area (Å²) < 4.78 is 10.6. The average Bonchev–Trinajstić information content (AvgIpc) is 2.57. The van der Waals surface area contributed by atoms with E-state index in [0.29, 0.717) is 24.5 Å². The maximum absolute atomic E-state index is 12.1. The third-order valence-electron chi connectivity index (χ3n) is 3.42. The van der Waals surface area contributed by atoms with Crippen molar-refractivity contribution in [2.75, 3.05) is 33.1 Å². The zero-order chi connectivity index (χ0) is 13.8. The number of carbonyl (C=O) groups excluding carboxylic acids is 1. The van der Waals surface area contributed by atoms with Gasteiger partial charge in [-0.1, -0.05) is 0 Å². The quantitative estimate of drug-likeness (QED) is 0.851. The van der Waals surface area contributed by atoms with Crippen LogP contribution in [0, 0.1) is 0 Å². The minimum atomic E-state index is 0.153. The minimum absolute atomic E-state index is 0.153. The Balaban J connectivity index is 2.31. The van der Waals surface area contributed by atoms with Crippen molar-refractivity contribution in [1.82, 2.24) is 4.90 Å². The molecule has 0 aliphatic carbocycles. The molecule has 0 saturated carbocycles. The van der Waals surface area contributed by atoms with E-state index in [4.69, 9.17) is 9.47 Å². The van der Waals surface area contributed by atoms with Gasteiger partial charge in [-0.15, -0.1) is 0 Å². The fourth-order valence-corrected chi connectivity index (χ4v) is 2.61. The highest BCUT2D eigenvalue weighted by Crippen LogP contribution is 2.32. The van der Waals surface area contributed by atoms with Crippen LogP contribution in [0.4, 0.5) is 0 Å². The van der Waals surface area contributed by atoms with Crippen LogP contribution < -0.4 is 9.47 Å². The van der Waals surface area contributed by atoms with Gasteiger partial charge in [0.05, 0.1) is 20.6 Å². The molecule has 0 atom stereocenters. The number of amides is 1. The predicted molar refractivity (Wildman–Crippen MR) is 77.4 cm³/mol. The van der Waals surface area contributed by atoms with Crippen molar-refractivity contribution in [3.05, 3.63) is 23.3 Å². The number of carbonyl (C=O) groups is 1. The Labute approximate surface area is 119 Å². The van der Waals surface area contributed by atoms with E-state index in [1.165, 1.54) is 0 Å². The normalized spacial score (nSPS) is 14.9. The zero-order valence-corrected chi connectivity index (χ0v) is 12.2. The highest BCUT2D eigenvalue weighted by atomic mass is 32.1. The van der Waals surface area contributed by atoms with Gasteiger partial charge < -0.3 is 14.4 Å². The van der Waals surface area contributed by atoms with E-state index in [-0.39, 0.29) is 5.91 Å². The van der Waals surface area contributed by atoms with Gasteiger partial charge in [-0.3, -0.25) is 4.79 Å². The second-order valence-corrected chi connectivity index (χ2v) is 4.95. The van der Waals surface area contributed by atoms with Crippen molar-refractivity contribution in [3.63, 3.8) is 0 Å². The fraction of sp³-hybridized carbons (Fsp3) is 0.500. The second-order valence-electron chi connectivity index (χ2n) is 4.51. The smallest absolute Gasteiger partial charge is 0.227 e. The van der Waals surface area contributed by atoms with Gasteiger partial charge in [0.2, 0.25) is 5.91 Å². The summed E-state index contributed by atoms with van der Waals surface area (Å²) in [6, 6.07) is 3.89. The van der Waals surface area contributed by atoms with E-state index in [0.717, 1.165) is 29.8 Å². The highest BCUT2D eigenvalue weighted by Gasteiger charge is 2.21. The van der Waals surface area contributed by atoms with Gasteiger partial charge in [-0.05, 0) is 29.7 Å². The topological polar surface area (TPSA) is 38.8 Å². The molecule has 0 saturated heterocycles. The lowest BCUT2D eigenvalue weighted by molar-refractivity contribution is -0.129. The molecule has 19 heavy (non-hydrogen) atoms. The molecular formula is C14H19NO3S. The van der Waals surface area contributed by atoms with Crippen LogP contribution >= 0.6 is 12.6 Å². The Morgan fingerprint density at radius 3 is 2.42 bits per heavy atom. The van der Waals surface area contributed by atoms with Crippen molar-refractivity contribution in [1.29, 1.82) is 0 Å². The molecule has 104 valence electrons. The van der Waals surface area contributed by atoms with Crippen LogP contribution in [0.3, 0.4) is 0 Å². The number of methoxy groups -OCH3 is 2. The first-order chi connectivity index (χ1) is 9.19. The Bertz CT molecular complexity index is 476. The first kappa shape index (κ1) is 14.1. The maximum atomic E-state index is 12.1. The van der Waals surface area contributed by atoms with Crippen LogP contribution in [0.15, 0.2) is 12.1 Å². The zero-order valence-electron chi connectivity index (χ0n) is 11.3. The number of ether oxygens (including phenoxy) is 2. The Morgan fingerprint density at radius 1 is 1.21 bits per heavy atom.